The molecular weight excluding hydrogens is 250 g/mol. The molecule has 0 aromatic carbocycles. The summed E-state index contributed by atoms with van der Waals surface area (Å²) < 4.78 is 9.79. The third-order valence-electron chi connectivity index (χ3n) is 3.22. The average Bonchev–Trinajstić information content (AvgIpc) is 2.41. The Morgan fingerprint density at radius 1 is 1.37 bits per heavy atom. The quantitative estimate of drug-likeness (QED) is 0.628. The van der Waals surface area contributed by atoms with Gasteiger partial charge in [0.05, 0.1) is 0 Å². The lowest BCUT2D eigenvalue weighted by Crippen LogP contribution is -2.51. The molecule has 0 spiro atoms. The van der Waals surface area contributed by atoms with Crippen molar-refractivity contribution in [3.05, 3.63) is 0 Å². The molecule has 1 aliphatic rings. The van der Waals surface area contributed by atoms with Gasteiger partial charge in [-0.15, -0.1) is 0 Å². The number of carbonyl (C=O) groups is 2. The minimum Gasteiger partial charge on any atom is -0.375 e. The largest absolute Gasteiger partial charge is 0.375 e. The highest BCUT2D eigenvalue weighted by Crippen LogP contribution is 2.12. The van der Waals surface area contributed by atoms with E-state index in [0.717, 1.165) is 12.8 Å². The Bertz CT molecular complexity index is 299. The molecule has 110 valence electrons. The zero-order valence-electron chi connectivity index (χ0n) is 11.6. The standard InChI is InChI=1S/C12H23N3O4/c1-18-8-11(16)14-9-3-5-15(6-4-9)12(17)10(7-13)19-2/h9-10H,3-8,13H2,1-2H3,(H,14,16). The summed E-state index contributed by atoms with van der Waals surface area (Å²) in [4.78, 5) is 25.1. The van der Waals surface area contributed by atoms with E-state index in [2.05, 4.69) is 5.32 Å². The number of nitrogens with two attached hydrogens (primary N) is 1. The molecule has 1 saturated heterocycles. The average molecular weight is 273 g/mol. The predicted octanol–water partition coefficient (Wildman–Crippen LogP) is -1.29. The molecule has 1 rings (SSSR count). The van der Waals surface area contributed by atoms with Crippen molar-refractivity contribution in [2.45, 2.75) is 25.0 Å². The van der Waals surface area contributed by atoms with Crippen LogP contribution in [0.15, 0.2) is 0 Å². The Morgan fingerprint density at radius 3 is 2.47 bits per heavy atom. The molecule has 1 atom stereocenters. The van der Waals surface area contributed by atoms with Gasteiger partial charge in [-0.2, -0.15) is 0 Å². The summed E-state index contributed by atoms with van der Waals surface area (Å²) in [5.74, 6) is -0.198. The number of methoxy groups -OCH3 is 2. The van der Waals surface area contributed by atoms with E-state index < -0.39 is 6.10 Å². The molecule has 7 heteroatoms. The maximum atomic E-state index is 12.0. The summed E-state index contributed by atoms with van der Waals surface area (Å²) in [6.45, 7) is 1.46. The second-order valence-electron chi connectivity index (χ2n) is 4.56. The van der Waals surface area contributed by atoms with Crippen LogP contribution in [-0.2, 0) is 19.1 Å². The van der Waals surface area contributed by atoms with Gasteiger partial charge in [-0.05, 0) is 12.8 Å². The third-order valence-corrected chi connectivity index (χ3v) is 3.22. The predicted molar refractivity (Wildman–Crippen MR) is 69.5 cm³/mol. The fourth-order valence-electron chi connectivity index (χ4n) is 2.15. The highest BCUT2D eigenvalue weighted by molar-refractivity contribution is 5.81. The molecule has 19 heavy (non-hydrogen) atoms. The van der Waals surface area contributed by atoms with Gasteiger partial charge in [0.1, 0.15) is 12.7 Å². The summed E-state index contributed by atoms with van der Waals surface area (Å²) in [5.41, 5.74) is 5.47. The van der Waals surface area contributed by atoms with Crippen LogP contribution in [0.5, 0.6) is 0 Å². The van der Waals surface area contributed by atoms with Gasteiger partial charge in [0.15, 0.2) is 0 Å². The van der Waals surface area contributed by atoms with Crippen molar-refractivity contribution >= 4 is 11.8 Å². The third kappa shape index (κ3) is 4.77. The van der Waals surface area contributed by atoms with E-state index in [1.165, 1.54) is 14.2 Å². The first kappa shape index (κ1) is 15.9. The lowest BCUT2D eigenvalue weighted by atomic mass is 10.0. The van der Waals surface area contributed by atoms with Crippen molar-refractivity contribution in [1.29, 1.82) is 0 Å². The second kappa shape index (κ2) is 8.08. The van der Waals surface area contributed by atoms with Crippen LogP contribution in [0.3, 0.4) is 0 Å². The van der Waals surface area contributed by atoms with Crippen LogP contribution in [0, 0.1) is 0 Å². The molecule has 0 radical (unpaired) electrons. The molecule has 0 bridgehead atoms. The Hall–Kier alpha value is -1.18. The van der Waals surface area contributed by atoms with Gasteiger partial charge in [-0.3, -0.25) is 9.59 Å². The minimum absolute atomic E-state index is 0.0675. The fourth-order valence-corrected chi connectivity index (χ4v) is 2.15. The number of likely N-dealkylation sites (tertiary alicyclic amines) is 1. The molecule has 7 nitrogen and oxygen atoms in total. The van der Waals surface area contributed by atoms with E-state index in [1.807, 2.05) is 0 Å². The SMILES string of the molecule is COCC(=O)NC1CCN(C(=O)C(CN)OC)CC1. The van der Waals surface area contributed by atoms with E-state index in [0.29, 0.717) is 13.1 Å². The van der Waals surface area contributed by atoms with Crippen LogP contribution < -0.4 is 11.1 Å². The van der Waals surface area contributed by atoms with Crippen molar-refractivity contribution in [3.8, 4) is 0 Å². The highest BCUT2D eigenvalue weighted by Gasteiger charge is 2.27. The highest BCUT2D eigenvalue weighted by atomic mass is 16.5. The molecule has 1 aliphatic heterocycles. The van der Waals surface area contributed by atoms with Gasteiger partial charge in [-0.1, -0.05) is 0 Å². The van der Waals surface area contributed by atoms with E-state index in [9.17, 15) is 9.59 Å². The summed E-state index contributed by atoms with van der Waals surface area (Å²) >= 11 is 0. The number of ether oxygens (including phenoxy) is 2. The number of hydrogen-bond donors (Lipinski definition) is 2. The first-order valence-electron chi connectivity index (χ1n) is 6.42. The number of nitrogens with zero attached hydrogens (tertiary/aromatic N) is 1. The molecular formula is C12H23N3O4. The monoisotopic (exact) mass is 273 g/mol. The molecule has 3 N–H and O–H groups in total. The smallest absolute Gasteiger partial charge is 0.253 e. The van der Waals surface area contributed by atoms with E-state index in [1.54, 1.807) is 4.90 Å². The van der Waals surface area contributed by atoms with Crippen LogP contribution >= 0.6 is 0 Å². The van der Waals surface area contributed by atoms with Crippen molar-refractivity contribution in [2.24, 2.45) is 5.73 Å². The van der Waals surface area contributed by atoms with E-state index >= 15 is 0 Å². The molecule has 1 heterocycles. The van der Waals surface area contributed by atoms with Gasteiger partial charge >= 0.3 is 0 Å². The van der Waals surface area contributed by atoms with Crippen molar-refractivity contribution in [3.63, 3.8) is 0 Å². The van der Waals surface area contributed by atoms with E-state index in [4.69, 9.17) is 15.2 Å². The van der Waals surface area contributed by atoms with Crippen LogP contribution in [0.1, 0.15) is 12.8 Å². The minimum atomic E-state index is -0.570. The van der Waals surface area contributed by atoms with Gasteiger partial charge in [0.2, 0.25) is 5.91 Å². The number of amides is 2. The Kier molecular flexibility index (Phi) is 6.75. The summed E-state index contributed by atoms with van der Waals surface area (Å²) in [6, 6.07) is 0.102. The van der Waals surface area contributed by atoms with Crippen molar-refractivity contribution < 1.29 is 19.1 Å². The second-order valence-corrected chi connectivity index (χ2v) is 4.56. The first-order chi connectivity index (χ1) is 9.12. The van der Waals surface area contributed by atoms with Gasteiger partial charge in [-0.25, -0.2) is 0 Å². The van der Waals surface area contributed by atoms with E-state index in [-0.39, 0.29) is 31.0 Å². The Morgan fingerprint density at radius 2 is 2.00 bits per heavy atom. The van der Waals surface area contributed by atoms with Gasteiger partial charge < -0.3 is 25.4 Å². The van der Waals surface area contributed by atoms with Crippen molar-refractivity contribution in [2.75, 3.05) is 40.5 Å². The molecule has 1 fully saturated rings. The first-order valence-corrected chi connectivity index (χ1v) is 6.42. The summed E-state index contributed by atoms with van der Waals surface area (Å²) in [6.07, 6.45) is 0.907. The van der Waals surface area contributed by atoms with Crippen LogP contribution in [-0.4, -0.2) is 69.3 Å². The fraction of sp³-hybridized carbons (Fsp3) is 0.833. The summed E-state index contributed by atoms with van der Waals surface area (Å²) in [5, 5.41) is 2.88. The molecule has 0 aromatic rings. The molecule has 0 aliphatic carbocycles. The topological polar surface area (TPSA) is 93.9 Å². The number of nitrogens with one attached hydrogen (secondary N) is 1. The number of hydrogen-bond acceptors (Lipinski definition) is 5. The molecule has 2 amide bonds. The summed E-state index contributed by atoms with van der Waals surface area (Å²) in [7, 11) is 2.96. The Balaban J connectivity index is 2.36. The zero-order valence-corrected chi connectivity index (χ0v) is 11.6. The van der Waals surface area contributed by atoms with Crippen LogP contribution in [0.4, 0.5) is 0 Å². The number of rotatable bonds is 6. The maximum Gasteiger partial charge on any atom is 0.253 e. The van der Waals surface area contributed by atoms with Gasteiger partial charge in [0.25, 0.3) is 5.91 Å². The van der Waals surface area contributed by atoms with Crippen molar-refractivity contribution in [1.82, 2.24) is 10.2 Å². The number of piperidine rings is 1. The van der Waals surface area contributed by atoms with Crippen LogP contribution in [0.25, 0.3) is 0 Å². The molecule has 0 saturated carbocycles. The van der Waals surface area contributed by atoms with Gasteiger partial charge in [0, 0.05) is 39.9 Å². The zero-order chi connectivity index (χ0) is 14.3. The normalized spacial score (nSPS) is 18.2. The Labute approximate surface area is 113 Å². The van der Waals surface area contributed by atoms with Crippen LogP contribution in [0.2, 0.25) is 0 Å². The maximum absolute atomic E-state index is 12.0. The number of carbonyl (C=O) groups excluding carboxylic acids is 2. The molecule has 0 aromatic heterocycles. The lowest BCUT2D eigenvalue weighted by molar-refractivity contribution is -0.142. The lowest BCUT2D eigenvalue weighted by Gasteiger charge is -2.34. The molecule has 1 unspecified atom stereocenters.